The molecule has 0 aliphatic heterocycles. The van der Waals surface area contributed by atoms with E-state index in [9.17, 15) is 9.18 Å². The van der Waals surface area contributed by atoms with E-state index in [1.165, 1.54) is 32.1 Å². The molecule has 3 nitrogen and oxygen atoms in total. The van der Waals surface area contributed by atoms with Crippen LogP contribution in [-0.2, 0) is 6.54 Å². The summed E-state index contributed by atoms with van der Waals surface area (Å²) in [7, 11) is 0. The molecule has 2 aromatic rings. The maximum Gasteiger partial charge on any atom is 0.248 e. The third-order valence-corrected chi connectivity index (χ3v) is 5.37. The average Bonchev–Trinajstić information content (AvgIpc) is 2.67. The molecule has 0 radical (unpaired) electrons. The molecule has 0 spiro atoms. The van der Waals surface area contributed by atoms with Gasteiger partial charge in [-0.15, -0.1) is 0 Å². The van der Waals surface area contributed by atoms with Crippen LogP contribution in [0, 0.1) is 5.82 Å². The van der Waals surface area contributed by atoms with Crippen LogP contribution in [0.5, 0.6) is 0 Å². The van der Waals surface area contributed by atoms with Crippen LogP contribution in [-0.4, -0.2) is 23.4 Å². The zero-order valence-electron chi connectivity index (χ0n) is 15.4. The van der Waals surface area contributed by atoms with Gasteiger partial charge in [0.25, 0.3) is 0 Å². The number of primary amides is 1. The second kappa shape index (κ2) is 8.45. The quantitative estimate of drug-likeness (QED) is 0.814. The van der Waals surface area contributed by atoms with E-state index in [4.69, 9.17) is 5.73 Å². The number of nitrogens with zero attached hydrogens (tertiary/aromatic N) is 1. The molecule has 26 heavy (non-hydrogen) atoms. The van der Waals surface area contributed by atoms with Gasteiger partial charge in [0, 0.05) is 23.7 Å². The topological polar surface area (TPSA) is 46.3 Å². The normalized spacial score (nSPS) is 15.3. The maximum absolute atomic E-state index is 14.7. The third kappa shape index (κ3) is 4.31. The smallest absolute Gasteiger partial charge is 0.248 e. The van der Waals surface area contributed by atoms with Crippen molar-refractivity contribution in [3.63, 3.8) is 0 Å². The van der Waals surface area contributed by atoms with Crippen LogP contribution in [0.1, 0.15) is 54.9 Å². The molecule has 4 heteroatoms. The van der Waals surface area contributed by atoms with Gasteiger partial charge in [0.2, 0.25) is 5.91 Å². The Bertz CT molecular complexity index is 768. The molecule has 1 saturated carbocycles. The fraction of sp³-hybridized carbons (Fsp3) is 0.409. The van der Waals surface area contributed by atoms with Gasteiger partial charge in [-0.1, -0.05) is 50.5 Å². The van der Waals surface area contributed by atoms with Crippen molar-refractivity contribution < 1.29 is 9.18 Å². The minimum Gasteiger partial charge on any atom is -0.366 e. The number of amides is 1. The Balaban J connectivity index is 1.78. The lowest BCUT2D eigenvalue weighted by atomic mass is 9.93. The van der Waals surface area contributed by atoms with Gasteiger partial charge in [0.05, 0.1) is 0 Å². The Morgan fingerprint density at radius 2 is 1.92 bits per heavy atom. The van der Waals surface area contributed by atoms with E-state index in [1.54, 1.807) is 36.4 Å². The molecule has 0 unspecified atom stereocenters. The summed E-state index contributed by atoms with van der Waals surface area (Å²) in [6, 6.07) is 12.8. The van der Waals surface area contributed by atoms with E-state index < -0.39 is 5.91 Å². The highest BCUT2D eigenvalue weighted by molar-refractivity contribution is 5.94. The van der Waals surface area contributed by atoms with Gasteiger partial charge in [-0.05, 0) is 48.7 Å². The van der Waals surface area contributed by atoms with Gasteiger partial charge in [-0.3, -0.25) is 9.69 Å². The van der Waals surface area contributed by atoms with Crippen molar-refractivity contribution in [1.82, 2.24) is 4.90 Å². The van der Waals surface area contributed by atoms with Crippen molar-refractivity contribution in [2.75, 3.05) is 6.54 Å². The summed E-state index contributed by atoms with van der Waals surface area (Å²) in [4.78, 5) is 13.8. The lowest BCUT2D eigenvalue weighted by Gasteiger charge is -2.33. The van der Waals surface area contributed by atoms with Crippen molar-refractivity contribution in [3.05, 3.63) is 59.4 Å². The van der Waals surface area contributed by atoms with Gasteiger partial charge >= 0.3 is 0 Å². The number of halogens is 1. The molecule has 0 saturated heterocycles. The summed E-state index contributed by atoms with van der Waals surface area (Å²) in [5.41, 5.74) is 7.87. The van der Waals surface area contributed by atoms with Gasteiger partial charge in [0.15, 0.2) is 0 Å². The zero-order chi connectivity index (χ0) is 18.5. The maximum atomic E-state index is 14.7. The van der Waals surface area contributed by atoms with Crippen LogP contribution in [0.3, 0.4) is 0 Å². The molecule has 1 fully saturated rings. The summed E-state index contributed by atoms with van der Waals surface area (Å²) in [5, 5.41) is 0. The second-order valence-electron chi connectivity index (χ2n) is 7.11. The molecule has 1 amide bonds. The third-order valence-electron chi connectivity index (χ3n) is 5.37. The molecule has 0 atom stereocenters. The molecule has 0 aromatic heterocycles. The molecule has 3 rings (SSSR count). The predicted octanol–water partition coefficient (Wildman–Crippen LogP) is 4.75. The first-order valence-corrected chi connectivity index (χ1v) is 9.51. The van der Waals surface area contributed by atoms with Crippen molar-refractivity contribution in [1.29, 1.82) is 0 Å². The van der Waals surface area contributed by atoms with E-state index in [0.29, 0.717) is 22.7 Å². The summed E-state index contributed by atoms with van der Waals surface area (Å²) in [6.45, 7) is 3.93. The van der Waals surface area contributed by atoms with E-state index in [0.717, 1.165) is 18.7 Å². The first kappa shape index (κ1) is 18.6. The van der Waals surface area contributed by atoms with Crippen LogP contribution in [0.25, 0.3) is 11.1 Å². The monoisotopic (exact) mass is 354 g/mol. The predicted molar refractivity (Wildman–Crippen MR) is 103 cm³/mol. The van der Waals surface area contributed by atoms with Crippen LogP contribution in [0.2, 0.25) is 0 Å². The summed E-state index contributed by atoms with van der Waals surface area (Å²) in [5.74, 6) is -0.765. The number of hydrogen-bond acceptors (Lipinski definition) is 2. The highest BCUT2D eigenvalue weighted by atomic mass is 19.1. The van der Waals surface area contributed by atoms with Crippen LogP contribution < -0.4 is 5.73 Å². The minimum absolute atomic E-state index is 0.260. The van der Waals surface area contributed by atoms with E-state index >= 15 is 0 Å². The Morgan fingerprint density at radius 3 is 2.58 bits per heavy atom. The molecular formula is C22H27FN2O. The lowest BCUT2D eigenvalue weighted by molar-refractivity contribution is 0.100. The number of hydrogen-bond donors (Lipinski definition) is 1. The molecule has 1 aliphatic carbocycles. The highest BCUT2D eigenvalue weighted by Gasteiger charge is 2.20. The largest absolute Gasteiger partial charge is 0.366 e. The second-order valence-corrected chi connectivity index (χ2v) is 7.11. The summed E-state index contributed by atoms with van der Waals surface area (Å²) < 4.78 is 14.7. The number of nitrogens with two attached hydrogens (primary N) is 1. The van der Waals surface area contributed by atoms with E-state index in [2.05, 4.69) is 11.8 Å². The van der Waals surface area contributed by atoms with Gasteiger partial charge in [-0.2, -0.15) is 0 Å². The van der Waals surface area contributed by atoms with Gasteiger partial charge in [0.1, 0.15) is 5.82 Å². The van der Waals surface area contributed by atoms with E-state index in [1.807, 2.05) is 6.07 Å². The number of carbonyl (C=O) groups is 1. The Hall–Kier alpha value is -2.20. The average molecular weight is 354 g/mol. The molecular weight excluding hydrogens is 327 g/mol. The fourth-order valence-corrected chi connectivity index (χ4v) is 3.91. The summed E-state index contributed by atoms with van der Waals surface area (Å²) in [6.07, 6.45) is 6.42. The number of benzene rings is 2. The number of carbonyl (C=O) groups excluding carboxylic acids is 1. The Labute approximate surface area is 155 Å². The first-order chi connectivity index (χ1) is 12.6. The Kier molecular flexibility index (Phi) is 6.04. The van der Waals surface area contributed by atoms with Crippen molar-refractivity contribution in [2.45, 2.75) is 51.6 Å². The fourth-order valence-electron chi connectivity index (χ4n) is 3.91. The summed E-state index contributed by atoms with van der Waals surface area (Å²) >= 11 is 0. The first-order valence-electron chi connectivity index (χ1n) is 9.51. The van der Waals surface area contributed by atoms with Gasteiger partial charge in [-0.25, -0.2) is 4.39 Å². The lowest BCUT2D eigenvalue weighted by Crippen LogP contribution is -2.36. The molecule has 2 N–H and O–H groups in total. The number of rotatable bonds is 6. The highest BCUT2D eigenvalue weighted by Crippen LogP contribution is 2.27. The van der Waals surface area contributed by atoms with E-state index in [-0.39, 0.29) is 5.82 Å². The molecule has 1 aliphatic rings. The standard InChI is InChI=1S/C22H27FN2O/c1-2-25(19-9-4-3-5-10-19)15-16-11-12-20(21(23)13-16)17-7-6-8-18(14-17)22(24)26/h6-8,11-14,19H,2-5,9-10,15H2,1H3,(H2,24,26). The molecule has 138 valence electrons. The zero-order valence-corrected chi connectivity index (χ0v) is 15.4. The SMILES string of the molecule is CCN(Cc1ccc(-c2cccc(C(N)=O)c2)c(F)c1)C1CCCCC1. The van der Waals surface area contributed by atoms with Gasteiger partial charge < -0.3 is 5.73 Å². The molecule has 0 heterocycles. The Morgan fingerprint density at radius 1 is 1.15 bits per heavy atom. The van der Waals surface area contributed by atoms with Crippen LogP contribution in [0.15, 0.2) is 42.5 Å². The molecule has 0 bridgehead atoms. The minimum atomic E-state index is -0.505. The van der Waals surface area contributed by atoms with Crippen molar-refractivity contribution in [2.24, 2.45) is 5.73 Å². The van der Waals surface area contributed by atoms with Crippen LogP contribution >= 0.6 is 0 Å². The van der Waals surface area contributed by atoms with Crippen molar-refractivity contribution in [3.8, 4) is 11.1 Å². The van der Waals surface area contributed by atoms with Crippen molar-refractivity contribution >= 4 is 5.91 Å². The van der Waals surface area contributed by atoms with Crippen LogP contribution in [0.4, 0.5) is 4.39 Å². The molecule has 2 aromatic carbocycles.